The van der Waals surface area contributed by atoms with Gasteiger partial charge in [0.15, 0.2) is 27.3 Å². The average Bonchev–Trinajstić information content (AvgIpc) is 2.79. The van der Waals surface area contributed by atoms with Gasteiger partial charge in [-0.15, -0.1) is 11.3 Å². The molecule has 0 aliphatic carbocycles. The van der Waals surface area contributed by atoms with E-state index in [-0.39, 0.29) is 0 Å². The highest BCUT2D eigenvalue weighted by molar-refractivity contribution is 7.92. The van der Waals surface area contributed by atoms with Crippen LogP contribution in [0.2, 0.25) is 0 Å². The van der Waals surface area contributed by atoms with E-state index in [4.69, 9.17) is 0 Å². The van der Waals surface area contributed by atoms with Crippen molar-refractivity contribution in [3.63, 3.8) is 0 Å². The van der Waals surface area contributed by atoms with E-state index in [1.54, 1.807) is 19.1 Å². The minimum atomic E-state index is -3.99. The lowest BCUT2D eigenvalue weighted by atomic mass is 10.3. The predicted molar refractivity (Wildman–Crippen MR) is 71.8 cm³/mol. The third-order valence-electron chi connectivity index (χ3n) is 2.59. The van der Waals surface area contributed by atoms with E-state index in [9.17, 15) is 22.0 Å². The number of halogens is 2. The summed E-state index contributed by atoms with van der Waals surface area (Å²) < 4.78 is 49.8. The van der Waals surface area contributed by atoms with Crippen LogP contribution in [0.3, 0.4) is 0 Å². The molecule has 0 N–H and O–H groups in total. The second-order valence-electron chi connectivity index (χ2n) is 4.17. The van der Waals surface area contributed by atoms with E-state index >= 15 is 0 Å². The number of sulfone groups is 1. The van der Waals surface area contributed by atoms with Crippen LogP contribution in [0.4, 0.5) is 8.78 Å². The maximum absolute atomic E-state index is 13.1. The molecule has 1 heterocycles. The van der Waals surface area contributed by atoms with E-state index in [1.165, 1.54) is 11.3 Å². The van der Waals surface area contributed by atoms with Gasteiger partial charge in [-0.3, -0.25) is 4.79 Å². The van der Waals surface area contributed by atoms with Crippen LogP contribution in [0.15, 0.2) is 35.2 Å². The van der Waals surface area contributed by atoms with E-state index in [0.29, 0.717) is 10.9 Å². The molecule has 0 bridgehead atoms. The lowest BCUT2D eigenvalue weighted by Gasteiger charge is -2.03. The molecule has 2 rings (SSSR count). The van der Waals surface area contributed by atoms with Crippen molar-refractivity contribution in [2.75, 3.05) is 5.75 Å². The molecule has 2 aromatic rings. The predicted octanol–water partition coefficient (Wildman–Crippen LogP) is 2.99. The SMILES string of the molecule is Cc1ccc(C(=O)CS(=O)(=O)c2ccc(F)c(F)c2)s1. The van der Waals surface area contributed by atoms with Gasteiger partial charge in [-0.05, 0) is 37.3 Å². The van der Waals surface area contributed by atoms with Crippen molar-refractivity contribution in [1.82, 2.24) is 0 Å². The van der Waals surface area contributed by atoms with Crippen molar-refractivity contribution >= 4 is 27.0 Å². The third kappa shape index (κ3) is 3.10. The van der Waals surface area contributed by atoms with Crippen molar-refractivity contribution in [3.05, 3.63) is 51.7 Å². The molecule has 0 fully saturated rings. The quantitative estimate of drug-likeness (QED) is 0.643. The van der Waals surface area contributed by atoms with Crippen molar-refractivity contribution in [1.29, 1.82) is 0 Å². The number of rotatable bonds is 4. The fourth-order valence-electron chi connectivity index (χ4n) is 1.58. The summed E-state index contributed by atoms with van der Waals surface area (Å²) in [5.74, 6) is -3.72. The summed E-state index contributed by atoms with van der Waals surface area (Å²) in [5, 5.41) is 0. The molecule has 0 saturated carbocycles. The van der Waals surface area contributed by atoms with Gasteiger partial charge in [0.2, 0.25) is 0 Å². The first-order valence-corrected chi connectivity index (χ1v) is 8.04. The number of carbonyl (C=O) groups excluding carboxylic acids is 1. The molecule has 0 aliphatic rings. The number of ketones is 1. The molecule has 1 aromatic heterocycles. The number of benzene rings is 1. The fourth-order valence-corrected chi connectivity index (χ4v) is 3.70. The van der Waals surface area contributed by atoms with Crippen molar-refractivity contribution < 1.29 is 22.0 Å². The van der Waals surface area contributed by atoms with Gasteiger partial charge in [0.05, 0.1) is 9.77 Å². The molecule has 7 heteroatoms. The highest BCUT2D eigenvalue weighted by Crippen LogP contribution is 2.20. The van der Waals surface area contributed by atoms with Crippen LogP contribution in [0.5, 0.6) is 0 Å². The maximum Gasteiger partial charge on any atom is 0.188 e. The zero-order chi connectivity index (χ0) is 14.9. The Kier molecular flexibility index (Phi) is 4.01. The third-order valence-corrected chi connectivity index (χ3v) is 5.24. The Hall–Kier alpha value is -1.60. The Morgan fingerprint density at radius 1 is 1.15 bits per heavy atom. The largest absolute Gasteiger partial charge is 0.292 e. The summed E-state index contributed by atoms with van der Waals surface area (Å²) in [7, 11) is -3.99. The molecular formula is C13H10F2O3S2. The van der Waals surface area contributed by atoms with Crippen LogP contribution in [0.25, 0.3) is 0 Å². The van der Waals surface area contributed by atoms with Gasteiger partial charge < -0.3 is 0 Å². The van der Waals surface area contributed by atoms with Gasteiger partial charge >= 0.3 is 0 Å². The Morgan fingerprint density at radius 2 is 1.85 bits per heavy atom. The number of carbonyl (C=O) groups is 1. The average molecular weight is 316 g/mol. The number of aryl methyl sites for hydroxylation is 1. The smallest absolute Gasteiger partial charge is 0.188 e. The van der Waals surface area contributed by atoms with E-state index in [1.807, 2.05) is 0 Å². The Bertz CT molecular complexity index is 764. The van der Waals surface area contributed by atoms with Crippen molar-refractivity contribution in [2.45, 2.75) is 11.8 Å². The van der Waals surface area contributed by atoms with E-state index < -0.39 is 37.9 Å². The van der Waals surface area contributed by atoms with Crippen LogP contribution < -0.4 is 0 Å². The zero-order valence-corrected chi connectivity index (χ0v) is 12.0. The van der Waals surface area contributed by atoms with Crippen LogP contribution >= 0.6 is 11.3 Å². The van der Waals surface area contributed by atoms with Gasteiger partial charge in [-0.1, -0.05) is 0 Å². The monoisotopic (exact) mass is 316 g/mol. The molecule has 0 amide bonds. The summed E-state index contributed by atoms with van der Waals surface area (Å²) in [4.78, 5) is 12.7. The van der Waals surface area contributed by atoms with Crippen LogP contribution in [-0.4, -0.2) is 20.0 Å². The normalized spacial score (nSPS) is 11.6. The Labute approximate surface area is 118 Å². The summed E-state index contributed by atoms with van der Waals surface area (Å²) in [6.07, 6.45) is 0. The molecule has 1 aromatic carbocycles. The Morgan fingerprint density at radius 3 is 2.40 bits per heavy atom. The van der Waals surface area contributed by atoms with E-state index in [0.717, 1.165) is 17.0 Å². The van der Waals surface area contributed by atoms with Gasteiger partial charge in [-0.25, -0.2) is 17.2 Å². The minimum absolute atomic E-state index is 0.327. The summed E-state index contributed by atoms with van der Waals surface area (Å²) >= 11 is 1.19. The fraction of sp³-hybridized carbons (Fsp3) is 0.154. The first-order chi connectivity index (χ1) is 9.29. The molecule has 0 spiro atoms. The van der Waals surface area contributed by atoms with Gasteiger partial charge in [0, 0.05) is 4.88 Å². The standard InChI is InChI=1S/C13H10F2O3S2/c1-8-2-5-13(19-8)12(16)7-20(17,18)9-3-4-10(14)11(15)6-9/h2-6H,7H2,1H3. The second kappa shape index (κ2) is 5.41. The highest BCUT2D eigenvalue weighted by atomic mass is 32.2. The lowest BCUT2D eigenvalue weighted by Crippen LogP contribution is -2.16. The summed E-state index contributed by atoms with van der Waals surface area (Å²) in [5.41, 5.74) is 0. The summed E-state index contributed by atoms with van der Waals surface area (Å²) in [6, 6.07) is 5.51. The van der Waals surface area contributed by atoms with Gasteiger partial charge in [0.25, 0.3) is 0 Å². The van der Waals surface area contributed by atoms with Gasteiger partial charge in [-0.2, -0.15) is 0 Å². The van der Waals surface area contributed by atoms with Crippen LogP contribution in [-0.2, 0) is 9.84 Å². The number of hydrogen-bond acceptors (Lipinski definition) is 4. The van der Waals surface area contributed by atoms with Crippen LogP contribution in [0, 0.1) is 18.6 Å². The summed E-state index contributed by atoms with van der Waals surface area (Å²) in [6.45, 7) is 1.80. The van der Waals surface area contributed by atoms with Crippen molar-refractivity contribution in [2.24, 2.45) is 0 Å². The molecular weight excluding hydrogens is 306 g/mol. The first-order valence-electron chi connectivity index (χ1n) is 5.57. The second-order valence-corrected chi connectivity index (χ2v) is 7.45. The minimum Gasteiger partial charge on any atom is -0.292 e. The zero-order valence-electron chi connectivity index (χ0n) is 10.4. The number of hydrogen-bond donors (Lipinski definition) is 0. The number of thiophene rings is 1. The molecule has 0 atom stereocenters. The molecule has 0 radical (unpaired) electrons. The lowest BCUT2D eigenvalue weighted by molar-refractivity contribution is 0.102. The topological polar surface area (TPSA) is 51.2 Å². The molecule has 20 heavy (non-hydrogen) atoms. The molecule has 106 valence electrons. The van der Waals surface area contributed by atoms with E-state index in [2.05, 4.69) is 0 Å². The Balaban J connectivity index is 2.27. The maximum atomic E-state index is 13.1. The molecule has 0 unspecified atom stereocenters. The number of Topliss-reactive ketones (excluding diaryl/α,β-unsaturated/α-hetero) is 1. The highest BCUT2D eigenvalue weighted by Gasteiger charge is 2.22. The first kappa shape index (κ1) is 14.8. The van der Waals surface area contributed by atoms with Gasteiger partial charge in [0.1, 0.15) is 5.75 Å². The van der Waals surface area contributed by atoms with Crippen LogP contribution in [0.1, 0.15) is 14.5 Å². The molecule has 0 aliphatic heterocycles. The molecule has 3 nitrogen and oxygen atoms in total. The van der Waals surface area contributed by atoms with Crippen molar-refractivity contribution in [3.8, 4) is 0 Å². The molecule has 0 saturated heterocycles.